The molecule has 2 unspecified atom stereocenters. The lowest BCUT2D eigenvalue weighted by atomic mass is 9.94. The number of carboxylic acids is 1. The third-order valence-corrected chi connectivity index (χ3v) is 3.88. The Morgan fingerprint density at radius 1 is 1.47 bits per heavy atom. The van der Waals surface area contributed by atoms with Gasteiger partial charge in [-0.2, -0.15) is 0 Å². The average Bonchev–Trinajstić information content (AvgIpc) is 2.42. The molecule has 4 heteroatoms. The summed E-state index contributed by atoms with van der Waals surface area (Å²) in [5.41, 5.74) is 1.06. The van der Waals surface area contributed by atoms with Crippen LogP contribution in [0.1, 0.15) is 37.8 Å². The van der Waals surface area contributed by atoms with Crippen LogP contribution in [-0.4, -0.2) is 29.1 Å². The van der Waals surface area contributed by atoms with Gasteiger partial charge in [0.2, 0.25) is 0 Å². The number of hydrogen-bond donors (Lipinski definition) is 1. The topological polar surface area (TPSA) is 40.5 Å². The summed E-state index contributed by atoms with van der Waals surface area (Å²) in [5.74, 6) is -1.22. The molecule has 1 aliphatic heterocycles. The molecule has 0 aliphatic carbocycles. The summed E-state index contributed by atoms with van der Waals surface area (Å²) in [6, 6.07) is 6.72. The van der Waals surface area contributed by atoms with E-state index in [0.717, 1.165) is 31.4 Å². The fourth-order valence-corrected chi connectivity index (χ4v) is 2.88. The predicted octanol–water partition coefficient (Wildman–Crippen LogP) is 3.07. The lowest BCUT2D eigenvalue weighted by Crippen LogP contribution is -2.40. The summed E-state index contributed by atoms with van der Waals surface area (Å²) in [7, 11) is 0. The van der Waals surface area contributed by atoms with Crippen molar-refractivity contribution in [1.29, 1.82) is 0 Å². The first kappa shape index (κ1) is 14.0. The van der Waals surface area contributed by atoms with Gasteiger partial charge >= 0.3 is 5.97 Å². The van der Waals surface area contributed by atoms with Crippen LogP contribution in [0, 0.1) is 11.7 Å². The number of rotatable bonds is 4. The Bertz CT molecular complexity index is 432. The Labute approximate surface area is 113 Å². The lowest BCUT2D eigenvalue weighted by Gasteiger charge is -2.37. The van der Waals surface area contributed by atoms with E-state index in [1.807, 2.05) is 0 Å². The van der Waals surface area contributed by atoms with Crippen LogP contribution in [0.4, 0.5) is 4.39 Å². The van der Waals surface area contributed by atoms with Gasteiger partial charge in [-0.05, 0) is 43.5 Å². The highest BCUT2D eigenvalue weighted by atomic mass is 19.1. The lowest BCUT2D eigenvalue weighted by molar-refractivity contribution is -0.144. The number of benzene rings is 1. The van der Waals surface area contributed by atoms with Crippen LogP contribution >= 0.6 is 0 Å². The standard InChI is InChI=1S/C15H20FNO2/c1-2-14(11-5-7-13(16)8-6-11)17-9-3-4-12(10-17)15(18)19/h5-8,12,14H,2-4,9-10H2,1H3,(H,18,19). The van der Waals surface area contributed by atoms with E-state index < -0.39 is 5.97 Å². The monoisotopic (exact) mass is 265 g/mol. The molecule has 1 N–H and O–H groups in total. The SMILES string of the molecule is CCC(c1ccc(F)cc1)N1CCCC(C(=O)O)C1. The van der Waals surface area contributed by atoms with Gasteiger partial charge in [0.15, 0.2) is 0 Å². The molecule has 0 bridgehead atoms. The molecule has 1 aromatic carbocycles. The molecule has 19 heavy (non-hydrogen) atoms. The highest BCUT2D eigenvalue weighted by molar-refractivity contribution is 5.70. The van der Waals surface area contributed by atoms with Crippen molar-refractivity contribution in [2.75, 3.05) is 13.1 Å². The van der Waals surface area contributed by atoms with E-state index in [2.05, 4.69) is 11.8 Å². The minimum atomic E-state index is -0.710. The van der Waals surface area contributed by atoms with Crippen LogP contribution in [0.3, 0.4) is 0 Å². The van der Waals surface area contributed by atoms with Crippen molar-refractivity contribution in [3.8, 4) is 0 Å². The third kappa shape index (κ3) is 3.32. The Kier molecular flexibility index (Phi) is 4.53. The highest BCUT2D eigenvalue weighted by Crippen LogP contribution is 2.29. The molecule has 2 atom stereocenters. The quantitative estimate of drug-likeness (QED) is 0.909. The molecule has 1 aromatic rings. The third-order valence-electron chi connectivity index (χ3n) is 3.88. The van der Waals surface area contributed by atoms with E-state index in [0.29, 0.717) is 6.54 Å². The van der Waals surface area contributed by atoms with Crippen molar-refractivity contribution in [1.82, 2.24) is 4.90 Å². The summed E-state index contributed by atoms with van der Waals surface area (Å²) in [6.45, 7) is 3.59. The number of piperidine rings is 1. The van der Waals surface area contributed by atoms with Crippen LogP contribution in [0.25, 0.3) is 0 Å². The predicted molar refractivity (Wildman–Crippen MR) is 71.4 cm³/mol. The first-order valence-corrected chi connectivity index (χ1v) is 6.84. The zero-order valence-corrected chi connectivity index (χ0v) is 11.2. The van der Waals surface area contributed by atoms with Crippen LogP contribution < -0.4 is 0 Å². The maximum Gasteiger partial charge on any atom is 0.307 e. The molecule has 0 radical (unpaired) electrons. The van der Waals surface area contributed by atoms with Gasteiger partial charge in [0, 0.05) is 12.6 Å². The van der Waals surface area contributed by atoms with Gasteiger partial charge in [-0.3, -0.25) is 9.69 Å². The Morgan fingerprint density at radius 2 is 2.16 bits per heavy atom. The van der Waals surface area contributed by atoms with Crippen molar-refractivity contribution in [2.45, 2.75) is 32.2 Å². The first-order chi connectivity index (χ1) is 9.11. The second kappa shape index (κ2) is 6.15. The van der Waals surface area contributed by atoms with Crippen LogP contribution in [0.15, 0.2) is 24.3 Å². The van der Waals surface area contributed by atoms with Crippen LogP contribution in [-0.2, 0) is 4.79 Å². The number of nitrogens with zero attached hydrogens (tertiary/aromatic N) is 1. The Balaban J connectivity index is 2.12. The molecule has 1 fully saturated rings. The molecular formula is C15H20FNO2. The van der Waals surface area contributed by atoms with Gasteiger partial charge in [0.25, 0.3) is 0 Å². The van der Waals surface area contributed by atoms with Crippen molar-refractivity contribution in [2.24, 2.45) is 5.92 Å². The van der Waals surface area contributed by atoms with E-state index >= 15 is 0 Å². The van der Waals surface area contributed by atoms with Gasteiger partial charge in [-0.1, -0.05) is 19.1 Å². The average molecular weight is 265 g/mol. The smallest absolute Gasteiger partial charge is 0.307 e. The van der Waals surface area contributed by atoms with Crippen molar-refractivity contribution < 1.29 is 14.3 Å². The fraction of sp³-hybridized carbons (Fsp3) is 0.533. The van der Waals surface area contributed by atoms with Gasteiger partial charge in [0.1, 0.15) is 5.82 Å². The van der Waals surface area contributed by atoms with Crippen LogP contribution in [0.2, 0.25) is 0 Å². The second-order valence-corrected chi connectivity index (χ2v) is 5.15. The van der Waals surface area contributed by atoms with E-state index in [1.54, 1.807) is 12.1 Å². The van der Waals surface area contributed by atoms with Crippen molar-refractivity contribution in [3.05, 3.63) is 35.6 Å². The molecule has 104 valence electrons. The molecule has 0 amide bonds. The highest BCUT2D eigenvalue weighted by Gasteiger charge is 2.29. The zero-order chi connectivity index (χ0) is 13.8. The van der Waals surface area contributed by atoms with Crippen molar-refractivity contribution >= 4 is 5.97 Å². The molecule has 0 saturated carbocycles. The normalized spacial score (nSPS) is 22.1. The Hall–Kier alpha value is -1.42. The molecule has 1 heterocycles. The van der Waals surface area contributed by atoms with Gasteiger partial charge in [-0.25, -0.2) is 4.39 Å². The molecule has 1 saturated heterocycles. The maximum atomic E-state index is 13.0. The number of aliphatic carboxylic acids is 1. The number of carboxylic acid groups (broad SMARTS) is 1. The van der Waals surface area contributed by atoms with Gasteiger partial charge in [0.05, 0.1) is 5.92 Å². The second-order valence-electron chi connectivity index (χ2n) is 5.15. The maximum absolute atomic E-state index is 13.0. The summed E-state index contributed by atoms with van der Waals surface area (Å²) in [5, 5.41) is 9.14. The first-order valence-electron chi connectivity index (χ1n) is 6.84. The molecule has 0 aromatic heterocycles. The van der Waals surface area contributed by atoms with E-state index in [-0.39, 0.29) is 17.8 Å². The molecule has 0 spiro atoms. The molecule has 1 aliphatic rings. The molecule has 2 rings (SSSR count). The fourth-order valence-electron chi connectivity index (χ4n) is 2.88. The minimum Gasteiger partial charge on any atom is -0.481 e. The Morgan fingerprint density at radius 3 is 2.74 bits per heavy atom. The summed E-state index contributed by atoms with van der Waals surface area (Å²) in [6.07, 6.45) is 2.57. The van der Waals surface area contributed by atoms with E-state index in [4.69, 9.17) is 5.11 Å². The zero-order valence-electron chi connectivity index (χ0n) is 11.2. The summed E-state index contributed by atoms with van der Waals surface area (Å²) >= 11 is 0. The van der Waals surface area contributed by atoms with Crippen molar-refractivity contribution in [3.63, 3.8) is 0 Å². The number of carbonyl (C=O) groups is 1. The van der Waals surface area contributed by atoms with E-state index in [9.17, 15) is 9.18 Å². The summed E-state index contributed by atoms with van der Waals surface area (Å²) < 4.78 is 13.0. The van der Waals surface area contributed by atoms with Gasteiger partial charge < -0.3 is 5.11 Å². The van der Waals surface area contributed by atoms with Crippen LogP contribution in [0.5, 0.6) is 0 Å². The summed E-state index contributed by atoms with van der Waals surface area (Å²) in [4.78, 5) is 13.3. The molecule has 3 nitrogen and oxygen atoms in total. The number of hydrogen-bond acceptors (Lipinski definition) is 2. The number of likely N-dealkylation sites (tertiary alicyclic amines) is 1. The van der Waals surface area contributed by atoms with Gasteiger partial charge in [-0.15, -0.1) is 0 Å². The molecular weight excluding hydrogens is 245 g/mol. The number of halogens is 1. The largest absolute Gasteiger partial charge is 0.481 e. The minimum absolute atomic E-state index is 0.183. The van der Waals surface area contributed by atoms with E-state index in [1.165, 1.54) is 12.1 Å².